The molecule has 1 aromatic heterocycles. The summed E-state index contributed by atoms with van der Waals surface area (Å²) in [4.78, 5) is 13.5. The molecular weight excluding hydrogens is 228 g/mol. The van der Waals surface area contributed by atoms with Crippen LogP contribution in [0.1, 0.15) is 0 Å². The van der Waals surface area contributed by atoms with Gasteiger partial charge in [-0.1, -0.05) is 0 Å². The van der Waals surface area contributed by atoms with E-state index in [-0.39, 0.29) is 0 Å². The van der Waals surface area contributed by atoms with Crippen molar-refractivity contribution < 1.29 is 4.74 Å². The first kappa shape index (κ1) is 11.9. The van der Waals surface area contributed by atoms with E-state index in [0.717, 1.165) is 44.0 Å². The molecule has 3 heterocycles. The monoisotopic (exact) mass is 248 g/mol. The molecule has 3 rings (SSSR count). The number of hydrogen-bond acceptors (Lipinski definition) is 5. The van der Waals surface area contributed by atoms with Gasteiger partial charge in [0.2, 0.25) is 5.95 Å². The van der Waals surface area contributed by atoms with Crippen LogP contribution in [-0.2, 0) is 4.74 Å². The molecule has 2 aliphatic rings. The van der Waals surface area contributed by atoms with Crippen LogP contribution in [0.25, 0.3) is 0 Å². The number of likely N-dealkylation sites (tertiary alicyclic amines) is 1. The van der Waals surface area contributed by atoms with Gasteiger partial charge in [-0.25, -0.2) is 9.97 Å². The Bertz CT molecular complexity index is 372. The Labute approximate surface area is 108 Å². The van der Waals surface area contributed by atoms with Crippen molar-refractivity contribution in [2.24, 2.45) is 11.8 Å². The van der Waals surface area contributed by atoms with Gasteiger partial charge in [0.25, 0.3) is 0 Å². The maximum atomic E-state index is 5.14. The summed E-state index contributed by atoms with van der Waals surface area (Å²) in [6.45, 7) is 6.47. The summed E-state index contributed by atoms with van der Waals surface area (Å²) in [5.74, 6) is 2.42. The zero-order chi connectivity index (χ0) is 12.4. The Morgan fingerprint density at radius 2 is 1.83 bits per heavy atom. The SMILES string of the molecule is COCCN1C[C@@H]2CN(c3ncccn3)C[C@@H]2C1. The summed E-state index contributed by atoms with van der Waals surface area (Å²) in [5.41, 5.74) is 0. The minimum absolute atomic E-state index is 0.769. The summed E-state index contributed by atoms with van der Waals surface area (Å²) in [5, 5.41) is 0. The maximum absolute atomic E-state index is 5.14. The fourth-order valence-electron chi connectivity index (χ4n) is 3.11. The number of rotatable bonds is 4. The highest BCUT2D eigenvalue weighted by Gasteiger charge is 2.40. The average Bonchev–Trinajstić information content (AvgIpc) is 2.95. The highest BCUT2D eigenvalue weighted by atomic mass is 16.5. The standard InChI is InChI=1S/C13H20N4O/c1-18-6-5-16-7-11-9-17(10-12(11)8-16)13-14-3-2-4-15-13/h2-4,11-12H,5-10H2,1H3/t11-,12+. The minimum Gasteiger partial charge on any atom is -0.383 e. The Hall–Kier alpha value is -1.20. The molecule has 0 aromatic carbocycles. The van der Waals surface area contributed by atoms with Gasteiger partial charge in [-0.15, -0.1) is 0 Å². The molecule has 0 radical (unpaired) electrons. The summed E-state index contributed by atoms with van der Waals surface area (Å²) in [6.07, 6.45) is 3.64. The molecule has 2 atom stereocenters. The first-order valence-corrected chi connectivity index (χ1v) is 6.60. The highest BCUT2D eigenvalue weighted by Crippen LogP contribution is 2.32. The first-order valence-electron chi connectivity index (χ1n) is 6.60. The van der Waals surface area contributed by atoms with Crippen LogP contribution in [0.5, 0.6) is 0 Å². The predicted molar refractivity (Wildman–Crippen MR) is 69.5 cm³/mol. The van der Waals surface area contributed by atoms with E-state index in [2.05, 4.69) is 19.8 Å². The van der Waals surface area contributed by atoms with Gasteiger partial charge in [-0.05, 0) is 17.9 Å². The zero-order valence-electron chi connectivity index (χ0n) is 10.8. The number of anilines is 1. The fourth-order valence-corrected chi connectivity index (χ4v) is 3.11. The lowest BCUT2D eigenvalue weighted by Gasteiger charge is -2.21. The minimum atomic E-state index is 0.769. The lowest BCUT2D eigenvalue weighted by molar-refractivity contribution is 0.157. The number of aromatic nitrogens is 2. The van der Waals surface area contributed by atoms with Crippen LogP contribution in [0.15, 0.2) is 18.5 Å². The number of fused-ring (bicyclic) bond motifs is 1. The van der Waals surface area contributed by atoms with Gasteiger partial charge in [0.15, 0.2) is 0 Å². The molecule has 0 amide bonds. The maximum Gasteiger partial charge on any atom is 0.225 e. The van der Waals surface area contributed by atoms with E-state index < -0.39 is 0 Å². The number of methoxy groups -OCH3 is 1. The molecule has 98 valence electrons. The largest absolute Gasteiger partial charge is 0.383 e. The Balaban J connectivity index is 1.56. The van der Waals surface area contributed by atoms with Crippen LogP contribution < -0.4 is 4.90 Å². The van der Waals surface area contributed by atoms with Gasteiger partial charge in [0.1, 0.15) is 0 Å². The Kier molecular flexibility index (Phi) is 3.43. The van der Waals surface area contributed by atoms with Gasteiger partial charge in [-0.3, -0.25) is 0 Å². The number of nitrogens with zero attached hydrogens (tertiary/aromatic N) is 4. The zero-order valence-corrected chi connectivity index (χ0v) is 10.8. The molecule has 0 aliphatic carbocycles. The van der Waals surface area contributed by atoms with Crippen molar-refractivity contribution in [1.82, 2.24) is 14.9 Å². The Morgan fingerprint density at radius 1 is 1.17 bits per heavy atom. The molecule has 1 aromatic rings. The fraction of sp³-hybridized carbons (Fsp3) is 0.692. The van der Waals surface area contributed by atoms with E-state index in [1.807, 2.05) is 18.5 Å². The second-order valence-electron chi connectivity index (χ2n) is 5.23. The first-order chi connectivity index (χ1) is 8.86. The third kappa shape index (κ3) is 2.33. The molecule has 0 spiro atoms. The number of ether oxygens (including phenoxy) is 1. The summed E-state index contributed by atoms with van der Waals surface area (Å²) >= 11 is 0. The van der Waals surface area contributed by atoms with E-state index in [4.69, 9.17) is 4.74 Å². The van der Waals surface area contributed by atoms with Crippen molar-refractivity contribution in [3.63, 3.8) is 0 Å². The van der Waals surface area contributed by atoms with Crippen molar-refractivity contribution in [2.75, 3.05) is 51.3 Å². The lowest BCUT2D eigenvalue weighted by atomic mass is 10.0. The van der Waals surface area contributed by atoms with Crippen molar-refractivity contribution >= 4 is 5.95 Å². The van der Waals surface area contributed by atoms with Crippen molar-refractivity contribution in [3.05, 3.63) is 18.5 Å². The van der Waals surface area contributed by atoms with Crippen molar-refractivity contribution in [1.29, 1.82) is 0 Å². The second-order valence-corrected chi connectivity index (χ2v) is 5.23. The number of hydrogen-bond donors (Lipinski definition) is 0. The van der Waals surface area contributed by atoms with E-state index in [0.29, 0.717) is 0 Å². The molecule has 5 heteroatoms. The van der Waals surface area contributed by atoms with Crippen molar-refractivity contribution in [3.8, 4) is 0 Å². The van der Waals surface area contributed by atoms with Crippen LogP contribution in [0.2, 0.25) is 0 Å². The van der Waals surface area contributed by atoms with E-state index >= 15 is 0 Å². The molecule has 0 unspecified atom stereocenters. The molecule has 5 nitrogen and oxygen atoms in total. The third-order valence-corrected chi connectivity index (χ3v) is 4.01. The Morgan fingerprint density at radius 3 is 2.44 bits per heavy atom. The molecule has 2 fully saturated rings. The van der Waals surface area contributed by atoms with Gasteiger partial charge in [0, 0.05) is 52.2 Å². The topological polar surface area (TPSA) is 41.5 Å². The van der Waals surface area contributed by atoms with Crippen LogP contribution in [0, 0.1) is 11.8 Å². The van der Waals surface area contributed by atoms with E-state index in [9.17, 15) is 0 Å². The third-order valence-electron chi connectivity index (χ3n) is 4.01. The summed E-state index contributed by atoms with van der Waals surface area (Å²) in [7, 11) is 1.77. The average molecular weight is 248 g/mol. The van der Waals surface area contributed by atoms with Crippen molar-refractivity contribution in [2.45, 2.75) is 0 Å². The smallest absolute Gasteiger partial charge is 0.225 e. The molecule has 0 bridgehead atoms. The predicted octanol–water partition coefficient (Wildman–Crippen LogP) is 0.491. The van der Waals surface area contributed by atoms with Crippen LogP contribution in [-0.4, -0.2) is 61.3 Å². The van der Waals surface area contributed by atoms with Crippen LogP contribution in [0.3, 0.4) is 0 Å². The van der Waals surface area contributed by atoms with E-state index in [1.54, 1.807) is 7.11 Å². The molecule has 2 saturated heterocycles. The molecule has 2 aliphatic heterocycles. The molecular formula is C13H20N4O. The van der Waals surface area contributed by atoms with Gasteiger partial charge >= 0.3 is 0 Å². The van der Waals surface area contributed by atoms with Crippen LogP contribution in [0.4, 0.5) is 5.95 Å². The summed E-state index contributed by atoms with van der Waals surface area (Å²) < 4.78 is 5.14. The van der Waals surface area contributed by atoms with E-state index in [1.165, 1.54) is 13.1 Å². The van der Waals surface area contributed by atoms with Crippen LogP contribution >= 0.6 is 0 Å². The van der Waals surface area contributed by atoms with Gasteiger partial charge < -0.3 is 14.5 Å². The van der Waals surface area contributed by atoms with Gasteiger partial charge in [0.05, 0.1) is 6.61 Å². The quantitative estimate of drug-likeness (QED) is 0.776. The summed E-state index contributed by atoms with van der Waals surface area (Å²) in [6, 6.07) is 1.87. The van der Waals surface area contributed by atoms with Gasteiger partial charge in [-0.2, -0.15) is 0 Å². The highest BCUT2D eigenvalue weighted by molar-refractivity contribution is 5.31. The molecule has 0 saturated carbocycles. The second kappa shape index (κ2) is 5.20. The molecule has 0 N–H and O–H groups in total. The normalized spacial score (nSPS) is 27.7. The lowest BCUT2D eigenvalue weighted by Crippen LogP contribution is -2.31. The molecule has 18 heavy (non-hydrogen) atoms.